The van der Waals surface area contributed by atoms with Crippen molar-refractivity contribution < 1.29 is 14.0 Å². The predicted molar refractivity (Wildman–Crippen MR) is 63.2 cm³/mol. The number of rotatable bonds is 3. The van der Waals surface area contributed by atoms with Crippen LogP contribution in [0.4, 0.5) is 8.78 Å². The molecule has 0 amide bonds. The molecule has 1 aromatic rings. The van der Waals surface area contributed by atoms with Gasteiger partial charge >= 0.3 is 0 Å². The van der Waals surface area contributed by atoms with E-state index in [0.29, 0.717) is 12.1 Å². The Balaban J connectivity index is 2.10. The Labute approximate surface area is 104 Å². The quantitative estimate of drug-likeness (QED) is 0.374. The van der Waals surface area contributed by atoms with Gasteiger partial charge in [0.15, 0.2) is 17.5 Å². The first-order chi connectivity index (χ1) is 8.61. The van der Waals surface area contributed by atoms with Crippen LogP contribution in [0.25, 0.3) is 0 Å². The summed E-state index contributed by atoms with van der Waals surface area (Å²) in [6, 6.07) is 3.69. The van der Waals surface area contributed by atoms with Crippen LogP contribution in [-0.4, -0.2) is 28.5 Å². The van der Waals surface area contributed by atoms with Crippen LogP contribution in [0, 0.1) is 11.6 Å². The van der Waals surface area contributed by atoms with Gasteiger partial charge in [0, 0.05) is 6.54 Å². The highest BCUT2D eigenvalue weighted by atomic mass is 19.2. The van der Waals surface area contributed by atoms with Crippen LogP contribution in [0.2, 0.25) is 0 Å². The monoisotopic (exact) mass is 255 g/mol. The van der Waals surface area contributed by atoms with Crippen LogP contribution in [0.15, 0.2) is 23.4 Å². The molecule has 1 aromatic carbocycles. The SMILES string of the molecule is N/C(=N/O)C1CCCN1Cc1ccc(F)c(F)c1. The zero-order valence-electron chi connectivity index (χ0n) is 9.81. The molecule has 18 heavy (non-hydrogen) atoms. The Morgan fingerprint density at radius 3 is 2.89 bits per heavy atom. The molecule has 1 fully saturated rings. The summed E-state index contributed by atoms with van der Waals surface area (Å²) in [5, 5.41) is 11.7. The first kappa shape index (κ1) is 12.8. The van der Waals surface area contributed by atoms with Gasteiger partial charge in [0.1, 0.15) is 0 Å². The van der Waals surface area contributed by atoms with Crippen LogP contribution in [0.3, 0.4) is 0 Å². The van der Waals surface area contributed by atoms with Gasteiger partial charge < -0.3 is 10.9 Å². The van der Waals surface area contributed by atoms with Crippen molar-refractivity contribution in [2.45, 2.75) is 25.4 Å². The molecule has 0 spiro atoms. The number of amidine groups is 1. The average molecular weight is 255 g/mol. The normalized spacial score (nSPS) is 21.4. The van der Waals surface area contributed by atoms with Crippen LogP contribution in [0.5, 0.6) is 0 Å². The van der Waals surface area contributed by atoms with E-state index < -0.39 is 11.6 Å². The highest BCUT2D eigenvalue weighted by molar-refractivity contribution is 5.85. The van der Waals surface area contributed by atoms with Crippen LogP contribution in [-0.2, 0) is 6.54 Å². The maximum absolute atomic E-state index is 13.1. The largest absolute Gasteiger partial charge is 0.409 e. The molecule has 0 bridgehead atoms. The minimum atomic E-state index is -0.855. The van der Waals surface area contributed by atoms with Gasteiger partial charge in [-0.3, -0.25) is 4.90 Å². The van der Waals surface area contributed by atoms with E-state index in [1.54, 1.807) is 6.07 Å². The van der Waals surface area contributed by atoms with Gasteiger partial charge in [-0.25, -0.2) is 8.78 Å². The first-order valence-corrected chi connectivity index (χ1v) is 5.77. The van der Waals surface area contributed by atoms with Crippen LogP contribution < -0.4 is 5.73 Å². The number of oxime groups is 1. The third-order valence-corrected chi connectivity index (χ3v) is 3.19. The number of likely N-dealkylation sites (tertiary alicyclic amines) is 1. The number of halogens is 2. The molecule has 1 aliphatic rings. The molecule has 0 aromatic heterocycles. The van der Waals surface area contributed by atoms with E-state index in [2.05, 4.69) is 5.16 Å². The number of benzene rings is 1. The maximum atomic E-state index is 13.1. The smallest absolute Gasteiger partial charge is 0.159 e. The summed E-state index contributed by atoms with van der Waals surface area (Å²) in [5.41, 5.74) is 6.27. The number of nitrogens with zero attached hydrogens (tertiary/aromatic N) is 2. The van der Waals surface area contributed by atoms with E-state index in [1.807, 2.05) is 4.90 Å². The highest BCUT2D eigenvalue weighted by Crippen LogP contribution is 2.21. The van der Waals surface area contributed by atoms with Crippen molar-refractivity contribution in [3.05, 3.63) is 35.4 Å². The predicted octanol–water partition coefficient (Wildman–Crippen LogP) is 1.68. The summed E-state index contributed by atoms with van der Waals surface area (Å²) < 4.78 is 25.9. The lowest BCUT2D eigenvalue weighted by Crippen LogP contribution is -2.40. The lowest BCUT2D eigenvalue weighted by Gasteiger charge is -2.23. The molecule has 0 aliphatic carbocycles. The van der Waals surface area contributed by atoms with E-state index in [-0.39, 0.29) is 11.9 Å². The second-order valence-electron chi connectivity index (χ2n) is 4.40. The molecular weight excluding hydrogens is 240 g/mol. The lowest BCUT2D eigenvalue weighted by atomic mass is 10.1. The van der Waals surface area contributed by atoms with Crippen molar-refractivity contribution in [2.75, 3.05) is 6.54 Å². The van der Waals surface area contributed by atoms with Gasteiger partial charge in [-0.1, -0.05) is 11.2 Å². The fourth-order valence-electron chi connectivity index (χ4n) is 2.29. The number of hydrogen-bond donors (Lipinski definition) is 2. The average Bonchev–Trinajstić information content (AvgIpc) is 2.81. The van der Waals surface area contributed by atoms with Crippen molar-refractivity contribution in [1.29, 1.82) is 0 Å². The Hall–Kier alpha value is -1.69. The van der Waals surface area contributed by atoms with E-state index in [9.17, 15) is 8.78 Å². The minimum absolute atomic E-state index is 0.136. The molecule has 6 heteroatoms. The maximum Gasteiger partial charge on any atom is 0.159 e. The second kappa shape index (κ2) is 5.30. The molecule has 1 aliphatic heterocycles. The van der Waals surface area contributed by atoms with Gasteiger partial charge in [-0.05, 0) is 37.1 Å². The standard InChI is InChI=1S/C12H15F2N3O/c13-9-4-3-8(6-10(9)14)7-17-5-1-2-11(17)12(15)16-18/h3-4,6,11,18H,1-2,5,7H2,(H2,15,16). The molecule has 1 saturated heterocycles. The Kier molecular flexibility index (Phi) is 3.76. The van der Waals surface area contributed by atoms with Crippen molar-refractivity contribution in [2.24, 2.45) is 10.9 Å². The Morgan fingerprint density at radius 2 is 2.22 bits per heavy atom. The van der Waals surface area contributed by atoms with E-state index in [0.717, 1.165) is 25.5 Å². The molecule has 1 unspecified atom stereocenters. The topological polar surface area (TPSA) is 61.9 Å². The zero-order valence-corrected chi connectivity index (χ0v) is 9.81. The van der Waals surface area contributed by atoms with Crippen molar-refractivity contribution in [1.82, 2.24) is 4.90 Å². The molecule has 1 atom stereocenters. The zero-order chi connectivity index (χ0) is 13.1. The lowest BCUT2D eigenvalue weighted by molar-refractivity contribution is 0.274. The Morgan fingerprint density at radius 1 is 1.44 bits per heavy atom. The minimum Gasteiger partial charge on any atom is -0.409 e. The van der Waals surface area contributed by atoms with E-state index >= 15 is 0 Å². The summed E-state index contributed by atoms with van der Waals surface area (Å²) in [7, 11) is 0. The third kappa shape index (κ3) is 2.59. The second-order valence-corrected chi connectivity index (χ2v) is 4.40. The van der Waals surface area contributed by atoms with Gasteiger partial charge in [0.2, 0.25) is 0 Å². The fraction of sp³-hybridized carbons (Fsp3) is 0.417. The van der Waals surface area contributed by atoms with Crippen molar-refractivity contribution in [3.8, 4) is 0 Å². The molecule has 0 radical (unpaired) electrons. The third-order valence-electron chi connectivity index (χ3n) is 3.19. The van der Waals surface area contributed by atoms with Crippen molar-refractivity contribution >= 4 is 5.84 Å². The molecule has 4 nitrogen and oxygen atoms in total. The van der Waals surface area contributed by atoms with Crippen molar-refractivity contribution in [3.63, 3.8) is 0 Å². The molecule has 2 rings (SSSR count). The van der Waals surface area contributed by atoms with Gasteiger partial charge in [-0.2, -0.15) is 0 Å². The number of hydrogen-bond acceptors (Lipinski definition) is 3. The summed E-state index contributed by atoms with van der Waals surface area (Å²) >= 11 is 0. The fourth-order valence-corrected chi connectivity index (χ4v) is 2.29. The summed E-state index contributed by atoms with van der Waals surface area (Å²) in [4.78, 5) is 1.99. The summed E-state index contributed by atoms with van der Waals surface area (Å²) in [6.07, 6.45) is 1.74. The highest BCUT2D eigenvalue weighted by Gasteiger charge is 2.28. The van der Waals surface area contributed by atoms with Gasteiger partial charge in [-0.15, -0.1) is 0 Å². The van der Waals surface area contributed by atoms with Gasteiger partial charge in [0.25, 0.3) is 0 Å². The summed E-state index contributed by atoms with van der Waals surface area (Å²) in [5.74, 6) is -1.55. The number of nitrogens with two attached hydrogens (primary N) is 1. The molecule has 3 N–H and O–H groups in total. The van der Waals surface area contributed by atoms with E-state index in [4.69, 9.17) is 10.9 Å². The molecule has 98 valence electrons. The van der Waals surface area contributed by atoms with Crippen LogP contribution in [0.1, 0.15) is 18.4 Å². The molecular formula is C12H15F2N3O. The first-order valence-electron chi connectivity index (χ1n) is 5.77. The molecule has 1 heterocycles. The Bertz CT molecular complexity index is 465. The van der Waals surface area contributed by atoms with Gasteiger partial charge in [0.05, 0.1) is 6.04 Å². The van der Waals surface area contributed by atoms with Crippen LogP contribution >= 0.6 is 0 Å². The summed E-state index contributed by atoms with van der Waals surface area (Å²) in [6.45, 7) is 1.25. The van der Waals surface area contributed by atoms with E-state index in [1.165, 1.54) is 6.07 Å². The molecule has 0 saturated carbocycles.